The second-order valence-electron chi connectivity index (χ2n) is 6.70. The quantitative estimate of drug-likeness (QED) is 0.724. The molecule has 2 aromatic carbocycles. The Morgan fingerprint density at radius 1 is 1.27 bits per heavy atom. The van der Waals surface area contributed by atoms with Crippen molar-refractivity contribution in [2.24, 2.45) is 5.92 Å². The number of amides is 1. The number of nitrogens with one attached hydrogen (secondary N) is 1. The van der Waals surface area contributed by atoms with Gasteiger partial charge in [0, 0.05) is 30.4 Å². The Balaban J connectivity index is 1.33. The van der Waals surface area contributed by atoms with Gasteiger partial charge >= 0.3 is 0 Å². The van der Waals surface area contributed by atoms with E-state index in [2.05, 4.69) is 22.4 Å². The molecule has 1 aromatic heterocycles. The molecule has 0 spiro atoms. The van der Waals surface area contributed by atoms with Gasteiger partial charge < -0.3 is 5.32 Å². The van der Waals surface area contributed by atoms with Gasteiger partial charge in [0.15, 0.2) is 0 Å². The first kappa shape index (κ1) is 17.1. The number of carbonyl (C=O) groups is 1. The lowest BCUT2D eigenvalue weighted by atomic mass is 10.1. The van der Waals surface area contributed by atoms with Crippen molar-refractivity contribution >= 4 is 27.5 Å². The maximum absolute atomic E-state index is 13.8. The monoisotopic (exact) mass is 372 g/mol. The van der Waals surface area contributed by atoms with Crippen LogP contribution >= 0.6 is 11.3 Å². The number of benzene rings is 2. The first-order valence-electron chi connectivity index (χ1n) is 8.60. The number of hydrogen-bond acceptors (Lipinski definition) is 3. The predicted molar refractivity (Wildman–Crippen MR) is 98.3 cm³/mol. The van der Waals surface area contributed by atoms with Crippen LogP contribution in [0.2, 0.25) is 0 Å². The minimum Gasteiger partial charge on any atom is -0.355 e. The summed E-state index contributed by atoms with van der Waals surface area (Å²) in [5.74, 6) is -2.00. The Bertz CT molecular complexity index is 965. The van der Waals surface area contributed by atoms with Crippen LogP contribution in [0.3, 0.4) is 0 Å². The normalized spacial score (nSPS) is 18.9. The number of aryl methyl sites for hydroxylation is 1. The minimum atomic E-state index is -0.574. The fraction of sp³-hybridized carbons (Fsp3) is 0.300. The van der Waals surface area contributed by atoms with E-state index in [-0.39, 0.29) is 23.3 Å². The van der Waals surface area contributed by atoms with E-state index in [1.807, 2.05) is 13.0 Å². The Labute approximate surface area is 154 Å². The summed E-state index contributed by atoms with van der Waals surface area (Å²) in [5, 5.41) is 3.84. The topological polar surface area (TPSA) is 42.0 Å². The average molecular weight is 372 g/mol. The lowest BCUT2D eigenvalue weighted by Crippen LogP contribution is -2.27. The summed E-state index contributed by atoms with van der Waals surface area (Å²) in [7, 11) is 0. The molecule has 1 heterocycles. The van der Waals surface area contributed by atoms with Gasteiger partial charge in [-0.1, -0.05) is 12.1 Å². The summed E-state index contributed by atoms with van der Waals surface area (Å²) < 4.78 is 28.7. The van der Waals surface area contributed by atoms with Crippen LogP contribution < -0.4 is 5.32 Å². The van der Waals surface area contributed by atoms with E-state index >= 15 is 0 Å². The van der Waals surface area contributed by atoms with Gasteiger partial charge in [-0.2, -0.15) is 0 Å². The van der Waals surface area contributed by atoms with Crippen molar-refractivity contribution in [1.29, 1.82) is 0 Å². The van der Waals surface area contributed by atoms with Crippen LogP contribution in [-0.4, -0.2) is 17.4 Å². The van der Waals surface area contributed by atoms with Gasteiger partial charge in [0.05, 0.1) is 15.2 Å². The second kappa shape index (κ2) is 6.76. The van der Waals surface area contributed by atoms with Crippen LogP contribution in [0.1, 0.15) is 28.5 Å². The largest absolute Gasteiger partial charge is 0.355 e. The van der Waals surface area contributed by atoms with E-state index in [4.69, 9.17) is 0 Å². The van der Waals surface area contributed by atoms with Crippen molar-refractivity contribution < 1.29 is 13.6 Å². The van der Waals surface area contributed by atoms with Crippen molar-refractivity contribution in [1.82, 2.24) is 10.3 Å². The third-order valence-corrected chi connectivity index (χ3v) is 5.82. The third-order valence-electron chi connectivity index (χ3n) is 4.72. The van der Waals surface area contributed by atoms with Crippen molar-refractivity contribution in [2.75, 3.05) is 6.54 Å². The molecule has 1 fully saturated rings. The van der Waals surface area contributed by atoms with Gasteiger partial charge in [0.25, 0.3) is 0 Å². The number of rotatable bonds is 5. The number of fused-ring (bicyclic) bond motifs is 1. The van der Waals surface area contributed by atoms with Crippen LogP contribution in [0.4, 0.5) is 8.78 Å². The summed E-state index contributed by atoms with van der Waals surface area (Å²) in [4.78, 5) is 16.8. The fourth-order valence-corrected chi connectivity index (χ4v) is 4.23. The fourth-order valence-electron chi connectivity index (χ4n) is 3.28. The summed E-state index contributed by atoms with van der Waals surface area (Å²) in [6.07, 6.45) is 1.14. The number of halogens is 2. The molecule has 0 aliphatic heterocycles. The van der Waals surface area contributed by atoms with Crippen molar-refractivity contribution in [3.05, 3.63) is 64.2 Å². The maximum Gasteiger partial charge on any atom is 0.223 e. The Kier molecular flexibility index (Phi) is 4.44. The van der Waals surface area contributed by atoms with Crippen LogP contribution in [0.25, 0.3) is 10.2 Å². The van der Waals surface area contributed by atoms with Gasteiger partial charge in [0.1, 0.15) is 11.6 Å². The van der Waals surface area contributed by atoms with Crippen molar-refractivity contribution in [2.45, 2.75) is 25.7 Å². The van der Waals surface area contributed by atoms with E-state index in [9.17, 15) is 13.6 Å². The number of aromatic nitrogens is 1. The SMILES string of the molecule is Cc1ccc2sc(CCNC(=O)[C@H]3C[C@H]3c3c(F)cccc3F)nc2c1. The molecule has 1 aliphatic carbocycles. The number of thiazole rings is 1. The first-order valence-corrected chi connectivity index (χ1v) is 9.42. The molecule has 1 saturated carbocycles. The molecule has 3 aromatic rings. The zero-order valence-electron chi connectivity index (χ0n) is 14.3. The first-order chi connectivity index (χ1) is 12.5. The zero-order chi connectivity index (χ0) is 18.3. The summed E-state index contributed by atoms with van der Waals surface area (Å²) >= 11 is 1.62. The standard InChI is InChI=1S/C20H18F2N2OS/c1-11-5-6-17-16(9-11)24-18(26-17)7-8-23-20(25)13-10-12(13)19-14(21)3-2-4-15(19)22/h2-6,9,12-13H,7-8,10H2,1H3,(H,23,25)/t12-,13+/m1/s1. The van der Waals surface area contributed by atoms with Crippen LogP contribution in [0, 0.1) is 24.5 Å². The highest BCUT2D eigenvalue weighted by Crippen LogP contribution is 2.49. The molecule has 0 saturated heterocycles. The smallest absolute Gasteiger partial charge is 0.223 e. The molecular weight excluding hydrogens is 354 g/mol. The highest BCUT2D eigenvalue weighted by Gasteiger charge is 2.46. The molecule has 4 rings (SSSR count). The molecule has 0 bridgehead atoms. The lowest BCUT2D eigenvalue weighted by molar-refractivity contribution is -0.122. The number of hydrogen-bond donors (Lipinski definition) is 1. The Morgan fingerprint density at radius 2 is 2.04 bits per heavy atom. The summed E-state index contributed by atoms with van der Waals surface area (Å²) in [6.45, 7) is 2.50. The van der Waals surface area contributed by atoms with E-state index < -0.39 is 11.6 Å². The number of carbonyl (C=O) groups excluding carboxylic acids is 1. The predicted octanol–water partition coefficient (Wildman–Crippen LogP) is 4.35. The van der Waals surface area contributed by atoms with Crippen LogP contribution in [0.5, 0.6) is 0 Å². The molecule has 0 unspecified atom stereocenters. The van der Waals surface area contributed by atoms with Crippen LogP contribution in [0.15, 0.2) is 36.4 Å². The summed E-state index contributed by atoms with van der Waals surface area (Å²) in [6, 6.07) is 9.97. The summed E-state index contributed by atoms with van der Waals surface area (Å²) in [5.41, 5.74) is 2.19. The Hall–Kier alpha value is -2.34. The maximum atomic E-state index is 13.8. The highest BCUT2D eigenvalue weighted by atomic mass is 32.1. The molecule has 6 heteroatoms. The van der Waals surface area contributed by atoms with Gasteiger partial charge in [-0.05, 0) is 43.2 Å². The highest BCUT2D eigenvalue weighted by molar-refractivity contribution is 7.18. The molecule has 1 amide bonds. The van der Waals surface area contributed by atoms with E-state index in [0.717, 1.165) is 15.2 Å². The Morgan fingerprint density at radius 3 is 2.81 bits per heavy atom. The molecule has 0 radical (unpaired) electrons. The van der Waals surface area contributed by atoms with Gasteiger partial charge in [0.2, 0.25) is 5.91 Å². The van der Waals surface area contributed by atoms with Crippen molar-refractivity contribution in [3.63, 3.8) is 0 Å². The van der Waals surface area contributed by atoms with Crippen LogP contribution in [-0.2, 0) is 11.2 Å². The number of nitrogens with zero attached hydrogens (tertiary/aromatic N) is 1. The molecule has 134 valence electrons. The molecule has 1 N–H and O–H groups in total. The average Bonchev–Trinajstić information content (AvgIpc) is 3.27. The van der Waals surface area contributed by atoms with Gasteiger partial charge in [-0.25, -0.2) is 13.8 Å². The zero-order valence-corrected chi connectivity index (χ0v) is 15.1. The molecule has 2 atom stereocenters. The molecular formula is C20H18F2N2OS. The lowest BCUT2D eigenvalue weighted by Gasteiger charge is -2.05. The van der Waals surface area contributed by atoms with E-state index in [0.29, 0.717) is 19.4 Å². The van der Waals surface area contributed by atoms with Gasteiger partial charge in [-0.15, -0.1) is 11.3 Å². The molecule has 3 nitrogen and oxygen atoms in total. The molecule has 1 aliphatic rings. The molecule has 26 heavy (non-hydrogen) atoms. The second-order valence-corrected chi connectivity index (χ2v) is 7.82. The van der Waals surface area contributed by atoms with E-state index in [1.54, 1.807) is 11.3 Å². The third kappa shape index (κ3) is 3.33. The minimum absolute atomic E-state index is 0.0363. The van der Waals surface area contributed by atoms with E-state index in [1.165, 1.54) is 23.8 Å². The van der Waals surface area contributed by atoms with Crippen molar-refractivity contribution in [3.8, 4) is 0 Å². The van der Waals surface area contributed by atoms with Gasteiger partial charge in [-0.3, -0.25) is 4.79 Å².